The maximum atomic E-state index is 13.1. The fraction of sp³-hybridized carbons (Fsp3) is 0.167. The van der Waals surface area contributed by atoms with Crippen LogP contribution in [0.2, 0.25) is 0 Å². The van der Waals surface area contributed by atoms with Gasteiger partial charge in [-0.2, -0.15) is 18.4 Å². The van der Waals surface area contributed by atoms with Crippen molar-refractivity contribution in [2.45, 2.75) is 18.0 Å². The van der Waals surface area contributed by atoms with Crippen LogP contribution in [0.5, 0.6) is 0 Å². The molecule has 0 aliphatic heterocycles. The normalized spacial score (nSPS) is 14.7. The minimum Gasteiger partial charge on any atom is -0.395 e. The predicted octanol–water partition coefficient (Wildman–Crippen LogP) is 4.62. The van der Waals surface area contributed by atoms with Crippen molar-refractivity contribution in [3.63, 3.8) is 0 Å². The van der Waals surface area contributed by atoms with Crippen LogP contribution in [0.4, 0.5) is 17.6 Å². The quantitative estimate of drug-likeness (QED) is 0.829. The zero-order valence-electron chi connectivity index (χ0n) is 12.5. The molecule has 2 unspecified atom stereocenters. The van der Waals surface area contributed by atoms with Gasteiger partial charge in [0.1, 0.15) is 11.5 Å². The molecule has 2 rings (SSSR count). The van der Waals surface area contributed by atoms with Gasteiger partial charge in [0.2, 0.25) is 0 Å². The molecule has 0 aromatic heterocycles. The lowest BCUT2D eigenvalue weighted by molar-refractivity contribution is -0.0930. The number of hydrogen-bond donors (Lipinski definition) is 1. The van der Waals surface area contributed by atoms with Gasteiger partial charge in [-0.3, -0.25) is 0 Å². The molecular formula is C18H14F4N2. The van der Waals surface area contributed by atoms with Crippen LogP contribution in [-0.4, -0.2) is 6.18 Å². The van der Waals surface area contributed by atoms with E-state index >= 15 is 0 Å². The zero-order valence-corrected chi connectivity index (χ0v) is 12.5. The summed E-state index contributed by atoms with van der Waals surface area (Å²) in [4.78, 5) is 0. The molecule has 124 valence electrons. The first-order chi connectivity index (χ1) is 11.3. The Morgan fingerprint density at radius 1 is 1.00 bits per heavy atom. The monoisotopic (exact) mass is 334 g/mol. The number of nitrogens with two attached hydrogens (primary N) is 1. The van der Waals surface area contributed by atoms with Crippen LogP contribution in [0.3, 0.4) is 0 Å². The highest BCUT2D eigenvalue weighted by atomic mass is 19.4. The average Bonchev–Trinajstić information content (AvgIpc) is 2.55. The summed E-state index contributed by atoms with van der Waals surface area (Å²) in [5.74, 6) is -2.37. The highest BCUT2D eigenvalue weighted by Crippen LogP contribution is 2.36. The molecule has 2 aromatic carbocycles. The summed E-state index contributed by atoms with van der Waals surface area (Å²) < 4.78 is 51.6. The summed E-state index contributed by atoms with van der Waals surface area (Å²) in [7, 11) is 0. The zero-order chi connectivity index (χ0) is 17.7. The van der Waals surface area contributed by atoms with E-state index < -0.39 is 29.5 Å². The molecule has 0 saturated carbocycles. The van der Waals surface area contributed by atoms with E-state index in [0.29, 0.717) is 11.1 Å². The Morgan fingerprint density at radius 3 is 2.08 bits per heavy atom. The van der Waals surface area contributed by atoms with Gasteiger partial charge < -0.3 is 5.73 Å². The van der Waals surface area contributed by atoms with Gasteiger partial charge in [-0.25, -0.2) is 4.39 Å². The topological polar surface area (TPSA) is 49.8 Å². The second-order valence-corrected chi connectivity index (χ2v) is 5.21. The molecule has 0 saturated heterocycles. The minimum atomic E-state index is -4.70. The molecule has 24 heavy (non-hydrogen) atoms. The number of allylic oxidation sites excluding steroid dienone is 2. The number of halogens is 4. The molecule has 0 aliphatic carbocycles. The average molecular weight is 334 g/mol. The van der Waals surface area contributed by atoms with E-state index in [2.05, 4.69) is 0 Å². The summed E-state index contributed by atoms with van der Waals surface area (Å²) in [6, 6.07) is 15.4. The van der Waals surface area contributed by atoms with E-state index in [4.69, 9.17) is 5.73 Å². The van der Waals surface area contributed by atoms with Crippen LogP contribution in [0.1, 0.15) is 23.0 Å². The van der Waals surface area contributed by atoms with Crippen LogP contribution >= 0.6 is 0 Å². The molecule has 0 spiro atoms. The highest BCUT2D eigenvalue weighted by Gasteiger charge is 2.34. The molecule has 0 bridgehead atoms. The highest BCUT2D eigenvalue weighted by molar-refractivity contribution is 5.37. The minimum absolute atomic E-state index is 0.374. The molecular weight excluding hydrogens is 320 g/mol. The van der Waals surface area contributed by atoms with E-state index in [1.54, 1.807) is 30.3 Å². The lowest BCUT2D eigenvalue weighted by Crippen LogP contribution is -2.21. The first kappa shape index (κ1) is 17.5. The van der Waals surface area contributed by atoms with Crippen LogP contribution in [0.25, 0.3) is 0 Å². The summed E-state index contributed by atoms with van der Waals surface area (Å²) in [5, 5.41) is 9.51. The first-order valence-corrected chi connectivity index (χ1v) is 7.07. The van der Waals surface area contributed by atoms with Gasteiger partial charge in [0.25, 0.3) is 0 Å². The van der Waals surface area contributed by atoms with Crippen molar-refractivity contribution in [1.82, 2.24) is 0 Å². The van der Waals surface area contributed by atoms with E-state index in [1.165, 1.54) is 12.1 Å². The van der Waals surface area contributed by atoms with Gasteiger partial charge >= 0.3 is 6.18 Å². The first-order valence-electron chi connectivity index (χ1n) is 7.07. The summed E-state index contributed by atoms with van der Waals surface area (Å²) in [6.45, 7) is 0. The molecule has 0 fully saturated rings. The number of nitriles is 1. The molecule has 2 atom stereocenters. The van der Waals surface area contributed by atoms with Crippen molar-refractivity contribution < 1.29 is 17.6 Å². The van der Waals surface area contributed by atoms with Gasteiger partial charge in [0, 0.05) is 5.92 Å². The molecule has 2 aromatic rings. The fourth-order valence-electron chi connectivity index (χ4n) is 2.38. The summed E-state index contributed by atoms with van der Waals surface area (Å²) >= 11 is 0. The summed E-state index contributed by atoms with van der Waals surface area (Å²) in [6.07, 6.45) is -3.89. The van der Waals surface area contributed by atoms with E-state index in [-0.39, 0.29) is 0 Å². The van der Waals surface area contributed by atoms with Gasteiger partial charge in [0.15, 0.2) is 0 Å². The number of hydrogen-bond acceptors (Lipinski definition) is 2. The Morgan fingerprint density at radius 2 is 1.58 bits per heavy atom. The predicted molar refractivity (Wildman–Crippen MR) is 82.3 cm³/mol. The number of nitrogens with zero attached hydrogens (tertiary/aromatic N) is 1. The lowest BCUT2D eigenvalue weighted by atomic mass is 9.81. The molecule has 6 heteroatoms. The smallest absolute Gasteiger partial charge is 0.395 e. The fourth-order valence-corrected chi connectivity index (χ4v) is 2.38. The largest absolute Gasteiger partial charge is 0.430 e. The van der Waals surface area contributed by atoms with Crippen LogP contribution in [0, 0.1) is 17.1 Å². The van der Waals surface area contributed by atoms with E-state index in [0.717, 1.165) is 18.2 Å². The number of rotatable bonds is 4. The maximum absolute atomic E-state index is 13.1. The van der Waals surface area contributed by atoms with Crippen molar-refractivity contribution in [1.29, 1.82) is 5.26 Å². The molecule has 0 aliphatic rings. The molecule has 0 radical (unpaired) electrons. The molecule has 0 amide bonds. The van der Waals surface area contributed by atoms with Crippen molar-refractivity contribution >= 4 is 0 Å². The van der Waals surface area contributed by atoms with Crippen LogP contribution in [0.15, 0.2) is 66.4 Å². The Kier molecular flexibility index (Phi) is 5.24. The van der Waals surface area contributed by atoms with Crippen LogP contribution < -0.4 is 5.73 Å². The Labute approximate surface area is 136 Å². The van der Waals surface area contributed by atoms with E-state index in [9.17, 15) is 22.8 Å². The van der Waals surface area contributed by atoms with Gasteiger partial charge in [-0.1, -0.05) is 42.5 Å². The second-order valence-electron chi connectivity index (χ2n) is 5.21. The number of alkyl halides is 3. The SMILES string of the molecule is N#CC(c1ccccc1)C(/C=C(\N)C(F)(F)F)c1ccc(F)cc1. The van der Waals surface area contributed by atoms with Gasteiger partial charge in [-0.15, -0.1) is 0 Å². The third-order valence-electron chi connectivity index (χ3n) is 3.60. The van der Waals surface area contributed by atoms with Crippen molar-refractivity contribution in [2.75, 3.05) is 0 Å². The molecule has 0 heterocycles. The standard InChI is InChI=1S/C18H14F4N2/c19-14-8-6-13(7-9-14)15(10-17(24)18(20,21)22)16(11-23)12-4-2-1-3-5-12/h1-10,15-16H,24H2/b17-10-. The Balaban J connectivity index is 2.54. The van der Waals surface area contributed by atoms with Gasteiger partial charge in [0.05, 0.1) is 12.0 Å². The Hall–Kier alpha value is -2.81. The Bertz CT molecular complexity index is 743. The van der Waals surface area contributed by atoms with Crippen LogP contribution in [-0.2, 0) is 0 Å². The molecule has 2 nitrogen and oxygen atoms in total. The number of benzene rings is 2. The van der Waals surface area contributed by atoms with Crippen molar-refractivity contribution in [3.05, 3.63) is 83.3 Å². The van der Waals surface area contributed by atoms with Gasteiger partial charge in [-0.05, 0) is 29.3 Å². The molecule has 2 N–H and O–H groups in total. The third-order valence-corrected chi connectivity index (χ3v) is 3.60. The van der Waals surface area contributed by atoms with E-state index in [1.807, 2.05) is 6.07 Å². The lowest BCUT2D eigenvalue weighted by Gasteiger charge is -2.21. The van der Waals surface area contributed by atoms with Crippen molar-refractivity contribution in [3.8, 4) is 6.07 Å². The summed E-state index contributed by atoms with van der Waals surface area (Å²) in [5.41, 5.74) is 4.79. The second kappa shape index (κ2) is 7.18. The maximum Gasteiger partial charge on any atom is 0.430 e. The van der Waals surface area contributed by atoms with Crippen molar-refractivity contribution in [2.24, 2.45) is 5.73 Å². The third kappa shape index (κ3) is 4.13.